The highest BCUT2D eigenvalue weighted by atomic mass is 15.2. The average molecular weight is 707 g/mol. The number of fused-ring (bicyclic) bond motifs is 10. The van der Waals surface area contributed by atoms with Gasteiger partial charge < -0.3 is 9.80 Å². The SMILES string of the molecule is Cc1ccccc1N(c1ccc2c(c1)C1(c3ccccc3-2)c2ccccc2-c2ccc(N(c3ccccc3C)c3ccccc3C)cc21)c1ccccc1C. The van der Waals surface area contributed by atoms with Crippen molar-refractivity contribution < 1.29 is 0 Å². The monoisotopic (exact) mass is 706 g/mol. The van der Waals surface area contributed by atoms with Gasteiger partial charge in [0.25, 0.3) is 0 Å². The minimum absolute atomic E-state index is 0.518. The third-order valence-corrected chi connectivity index (χ3v) is 12.0. The van der Waals surface area contributed by atoms with Crippen LogP contribution in [0, 0.1) is 27.7 Å². The van der Waals surface area contributed by atoms with Crippen molar-refractivity contribution in [2.75, 3.05) is 9.80 Å². The lowest BCUT2D eigenvalue weighted by atomic mass is 9.70. The molecule has 0 aromatic heterocycles. The Kier molecular flexibility index (Phi) is 7.64. The summed E-state index contributed by atoms with van der Waals surface area (Å²) in [6.07, 6.45) is 0. The van der Waals surface area contributed by atoms with Gasteiger partial charge in [0.1, 0.15) is 0 Å². The van der Waals surface area contributed by atoms with Crippen LogP contribution in [0.1, 0.15) is 44.5 Å². The molecular weight excluding hydrogens is 665 g/mol. The Morgan fingerprint density at radius 2 is 0.582 bits per heavy atom. The lowest BCUT2D eigenvalue weighted by Gasteiger charge is -2.34. The van der Waals surface area contributed by atoms with E-state index in [1.54, 1.807) is 0 Å². The van der Waals surface area contributed by atoms with Gasteiger partial charge in [0.2, 0.25) is 0 Å². The van der Waals surface area contributed by atoms with E-state index in [-0.39, 0.29) is 0 Å². The minimum atomic E-state index is -0.518. The molecule has 0 fully saturated rings. The highest BCUT2D eigenvalue weighted by molar-refractivity contribution is 5.97. The topological polar surface area (TPSA) is 6.48 Å². The maximum absolute atomic E-state index is 2.49. The van der Waals surface area contributed by atoms with Crippen LogP contribution < -0.4 is 9.80 Å². The Hall–Kier alpha value is -6.64. The summed E-state index contributed by atoms with van der Waals surface area (Å²) in [5, 5.41) is 0. The summed E-state index contributed by atoms with van der Waals surface area (Å²) >= 11 is 0. The van der Waals surface area contributed by atoms with E-state index >= 15 is 0 Å². The van der Waals surface area contributed by atoms with Crippen LogP contribution in [0.15, 0.2) is 182 Å². The maximum atomic E-state index is 2.49. The van der Waals surface area contributed by atoms with Crippen molar-refractivity contribution in [1.29, 1.82) is 0 Å². The summed E-state index contributed by atoms with van der Waals surface area (Å²) in [6, 6.07) is 67.6. The van der Waals surface area contributed by atoms with Gasteiger partial charge in [-0.15, -0.1) is 0 Å². The molecule has 0 saturated carbocycles. The molecule has 8 aromatic rings. The van der Waals surface area contributed by atoms with Crippen LogP contribution >= 0.6 is 0 Å². The zero-order valence-corrected chi connectivity index (χ0v) is 31.7. The second-order valence-electron chi connectivity index (χ2n) is 15.1. The predicted octanol–water partition coefficient (Wildman–Crippen LogP) is 14.2. The van der Waals surface area contributed by atoms with Gasteiger partial charge >= 0.3 is 0 Å². The van der Waals surface area contributed by atoms with Crippen LogP contribution in [0.5, 0.6) is 0 Å². The van der Waals surface area contributed by atoms with Crippen LogP contribution in [0.25, 0.3) is 22.3 Å². The largest absolute Gasteiger partial charge is 0.310 e. The van der Waals surface area contributed by atoms with Crippen molar-refractivity contribution >= 4 is 34.1 Å². The van der Waals surface area contributed by atoms with E-state index in [1.165, 1.54) is 89.5 Å². The molecule has 264 valence electrons. The lowest BCUT2D eigenvalue weighted by Crippen LogP contribution is -2.26. The molecule has 1 spiro atoms. The molecule has 0 atom stereocenters. The van der Waals surface area contributed by atoms with Crippen LogP contribution in [0.3, 0.4) is 0 Å². The molecule has 0 aliphatic heterocycles. The zero-order valence-electron chi connectivity index (χ0n) is 31.7. The van der Waals surface area contributed by atoms with E-state index in [1.807, 2.05) is 0 Å². The summed E-state index contributed by atoms with van der Waals surface area (Å²) in [5.41, 5.74) is 21.9. The van der Waals surface area contributed by atoms with Crippen LogP contribution in [-0.4, -0.2) is 0 Å². The highest BCUT2D eigenvalue weighted by Gasteiger charge is 2.52. The van der Waals surface area contributed by atoms with E-state index in [0.29, 0.717) is 0 Å². The molecule has 0 N–H and O–H groups in total. The number of hydrogen-bond donors (Lipinski definition) is 0. The number of rotatable bonds is 6. The second-order valence-corrected chi connectivity index (χ2v) is 15.1. The lowest BCUT2D eigenvalue weighted by molar-refractivity contribution is 0.793. The van der Waals surface area contributed by atoms with Gasteiger partial charge in [0.15, 0.2) is 0 Å². The molecule has 10 rings (SSSR count). The van der Waals surface area contributed by atoms with E-state index < -0.39 is 5.41 Å². The van der Waals surface area contributed by atoms with Crippen molar-refractivity contribution in [2.45, 2.75) is 33.1 Å². The standard InChI is InChI=1S/C53H42N2/c1-35-17-5-13-25-49(35)54(50-26-14-6-18-36(50)2)39-29-31-43-41-21-9-11-23-45(41)53(47(43)33-39)46-24-12-10-22-42(46)44-32-30-40(34-48(44)53)55(51-27-15-7-19-37(51)3)52-28-16-8-20-38(52)4/h5-34H,1-4H3. The average Bonchev–Trinajstić information content (AvgIpc) is 3.68. The molecule has 8 aromatic carbocycles. The normalized spacial score (nSPS) is 12.9. The molecule has 0 heterocycles. The molecule has 0 saturated heterocycles. The Morgan fingerprint density at radius 3 is 0.927 bits per heavy atom. The summed E-state index contributed by atoms with van der Waals surface area (Å²) in [4.78, 5) is 4.91. The van der Waals surface area contributed by atoms with Crippen LogP contribution in [0.4, 0.5) is 34.1 Å². The smallest absolute Gasteiger partial charge is 0.0727 e. The summed E-state index contributed by atoms with van der Waals surface area (Å²) in [7, 11) is 0. The first kappa shape index (κ1) is 33.0. The van der Waals surface area contributed by atoms with Crippen molar-refractivity contribution in [3.8, 4) is 22.3 Å². The quantitative estimate of drug-likeness (QED) is 0.170. The molecular formula is C53H42N2. The number of hydrogen-bond acceptors (Lipinski definition) is 2. The maximum Gasteiger partial charge on any atom is 0.0727 e. The van der Waals surface area contributed by atoms with E-state index in [0.717, 1.165) is 11.4 Å². The van der Waals surface area contributed by atoms with Gasteiger partial charge in [-0.05, 0) is 143 Å². The molecule has 0 amide bonds. The number of para-hydroxylation sites is 4. The van der Waals surface area contributed by atoms with Gasteiger partial charge in [-0.2, -0.15) is 0 Å². The molecule has 0 unspecified atom stereocenters. The summed E-state index contributed by atoms with van der Waals surface area (Å²) in [5.74, 6) is 0. The van der Waals surface area contributed by atoms with E-state index in [2.05, 4.69) is 219 Å². The molecule has 0 radical (unpaired) electrons. The first-order chi connectivity index (χ1) is 27.0. The Bertz CT molecular complexity index is 2510. The third kappa shape index (κ3) is 4.88. The fourth-order valence-corrected chi connectivity index (χ4v) is 9.47. The Labute approximate surface area is 324 Å². The van der Waals surface area contributed by atoms with Crippen molar-refractivity contribution in [1.82, 2.24) is 0 Å². The van der Waals surface area contributed by atoms with E-state index in [4.69, 9.17) is 0 Å². The number of aryl methyl sites for hydroxylation is 4. The summed E-state index contributed by atoms with van der Waals surface area (Å²) < 4.78 is 0. The Morgan fingerprint density at radius 1 is 0.291 bits per heavy atom. The molecule has 2 aliphatic rings. The van der Waals surface area contributed by atoms with Gasteiger partial charge in [-0.3, -0.25) is 0 Å². The van der Waals surface area contributed by atoms with Gasteiger partial charge in [-0.1, -0.05) is 133 Å². The molecule has 0 bridgehead atoms. The number of benzene rings is 8. The van der Waals surface area contributed by atoms with Crippen LogP contribution in [-0.2, 0) is 5.41 Å². The second kappa shape index (κ2) is 12.7. The Balaban J connectivity index is 1.27. The van der Waals surface area contributed by atoms with Crippen molar-refractivity contribution in [3.05, 3.63) is 226 Å². The fraction of sp³-hybridized carbons (Fsp3) is 0.0943. The van der Waals surface area contributed by atoms with Gasteiger partial charge in [0.05, 0.1) is 5.41 Å². The number of anilines is 6. The molecule has 2 nitrogen and oxygen atoms in total. The highest BCUT2D eigenvalue weighted by Crippen LogP contribution is 2.64. The summed E-state index contributed by atoms with van der Waals surface area (Å²) in [6.45, 7) is 8.85. The van der Waals surface area contributed by atoms with Gasteiger partial charge in [-0.25, -0.2) is 0 Å². The van der Waals surface area contributed by atoms with Crippen molar-refractivity contribution in [3.63, 3.8) is 0 Å². The molecule has 2 aliphatic carbocycles. The molecule has 2 heteroatoms. The van der Waals surface area contributed by atoms with Crippen molar-refractivity contribution in [2.24, 2.45) is 0 Å². The fourth-order valence-electron chi connectivity index (χ4n) is 9.47. The molecule has 55 heavy (non-hydrogen) atoms. The first-order valence-corrected chi connectivity index (χ1v) is 19.3. The third-order valence-electron chi connectivity index (χ3n) is 12.0. The minimum Gasteiger partial charge on any atom is -0.310 e. The van der Waals surface area contributed by atoms with E-state index in [9.17, 15) is 0 Å². The predicted molar refractivity (Wildman–Crippen MR) is 231 cm³/mol. The first-order valence-electron chi connectivity index (χ1n) is 19.3. The van der Waals surface area contributed by atoms with Crippen LogP contribution in [0.2, 0.25) is 0 Å². The zero-order chi connectivity index (χ0) is 37.3. The number of nitrogens with zero attached hydrogens (tertiary/aromatic N) is 2. The van der Waals surface area contributed by atoms with Gasteiger partial charge in [0, 0.05) is 34.1 Å².